The Kier molecular flexibility index (Phi) is 5.84. The maximum Gasteiger partial charge on any atom is 0.115 e. The van der Waals surface area contributed by atoms with Crippen molar-refractivity contribution in [2.45, 2.75) is 0 Å². The van der Waals surface area contributed by atoms with Crippen molar-refractivity contribution in [3.63, 3.8) is 0 Å². The van der Waals surface area contributed by atoms with E-state index in [0.29, 0.717) is 0 Å². The maximum atomic E-state index is 4.40. The molecule has 0 amide bonds. The molecule has 0 aliphatic rings. The largest absolute Gasteiger partial charge is 0.264 e. The molecule has 4 heteroatoms. The van der Waals surface area contributed by atoms with E-state index in [1.54, 1.807) is 6.33 Å². The molecule has 0 atom stereocenters. The molecular weight excluding hydrogens is 585 g/mol. The molecular formula is C44H26N4. The first-order valence-electron chi connectivity index (χ1n) is 16.1. The molecule has 0 aliphatic heterocycles. The van der Waals surface area contributed by atoms with Gasteiger partial charge >= 0.3 is 0 Å². The van der Waals surface area contributed by atoms with Crippen molar-refractivity contribution in [2.75, 3.05) is 0 Å². The van der Waals surface area contributed by atoms with Crippen LogP contribution in [0.15, 0.2) is 159 Å². The molecule has 3 heterocycles. The van der Waals surface area contributed by atoms with Gasteiger partial charge in [-0.25, -0.2) is 9.97 Å². The van der Waals surface area contributed by atoms with Crippen LogP contribution in [0.1, 0.15) is 0 Å². The lowest BCUT2D eigenvalue weighted by atomic mass is 9.86. The molecule has 3 aromatic heterocycles. The Balaban J connectivity index is 1.27. The first kappa shape index (κ1) is 26.7. The molecule has 0 spiro atoms. The quantitative estimate of drug-likeness (QED) is 0.186. The average Bonchev–Trinajstić information content (AvgIpc) is 3.16. The zero-order valence-electron chi connectivity index (χ0n) is 25.8. The van der Waals surface area contributed by atoms with Gasteiger partial charge < -0.3 is 0 Å². The van der Waals surface area contributed by atoms with Crippen molar-refractivity contribution in [1.29, 1.82) is 0 Å². The Bertz CT molecular complexity index is 2730. The lowest BCUT2D eigenvalue weighted by Crippen LogP contribution is -1.92. The number of hydrogen-bond acceptors (Lipinski definition) is 4. The molecule has 0 saturated heterocycles. The number of aromatic nitrogens is 4. The summed E-state index contributed by atoms with van der Waals surface area (Å²) in [5.74, 6) is 0. The lowest BCUT2D eigenvalue weighted by Gasteiger charge is -2.18. The molecule has 10 rings (SSSR count). The Morgan fingerprint density at radius 1 is 0.312 bits per heavy atom. The average molecular weight is 611 g/mol. The van der Waals surface area contributed by atoms with Crippen molar-refractivity contribution in [3.8, 4) is 44.5 Å². The highest BCUT2D eigenvalue weighted by Crippen LogP contribution is 2.44. The van der Waals surface area contributed by atoms with E-state index >= 15 is 0 Å². The zero-order chi connectivity index (χ0) is 31.6. The van der Waals surface area contributed by atoms with E-state index < -0.39 is 0 Å². The number of hydrogen-bond donors (Lipinski definition) is 0. The number of benzene rings is 7. The fraction of sp³-hybridized carbons (Fsp3) is 0. The molecule has 10 aromatic rings. The maximum absolute atomic E-state index is 4.40. The van der Waals surface area contributed by atoms with E-state index in [2.05, 4.69) is 135 Å². The van der Waals surface area contributed by atoms with E-state index in [1.165, 1.54) is 76.5 Å². The predicted molar refractivity (Wildman–Crippen MR) is 198 cm³/mol. The summed E-state index contributed by atoms with van der Waals surface area (Å²) in [6.45, 7) is 0. The summed E-state index contributed by atoms with van der Waals surface area (Å²) >= 11 is 0. The van der Waals surface area contributed by atoms with E-state index in [-0.39, 0.29) is 0 Å². The van der Waals surface area contributed by atoms with Crippen LogP contribution >= 0.6 is 0 Å². The molecule has 0 fully saturated rings. The van der Waals surface area contributed by atoms with Gasteiger partial charge in [0.05, 0.1) is 0 Å². The van der Waals surface area contributed by atoms with Crippen molar-refractivity contribution < 1.29 is 0 Å². The molecule has 7 aromatic carbocycles. The van der Waals surface area contributed by atoms with Crippen LogP contribution in [0.5, 0.6) is 0 Å². The van der Waals surface area contributed by atoms with Crippen LogP contribution in [0.2, 0.25) is 0 Å². The second-order valence-corrected chi connectivity index (χ2v) is 12.4. The van der Waals surface area contributed by atoms with Crippen molar-refractivity contribution in [1.82, 2.24) is 19.9 Å². The summed E-state index contributed by atoms with van der Waals surface area (Å²) in [6, 6.07) is 42.2. The number of pyridine rings is 2. The minimum absolute atomic E-state index is 1.02. The smallest absolute Gasteiger partial charge is 0.115 e. The molecule has 0 saturated carbocycles. The fourth-order valence-corrected chi connectivity index (χ4v) is 7.59. The zero-order valence-corrected chi connectivity index (χ0v) is 25.8. The molecule has 0 unspecified atom stereocenters. The Hall–Kier alpha value is -6.52. The van der Waals surface area contributed by atoms with Crippen LogP contribution in [-0.2, 0) is 0 Å². The Labute approximate surface area is 276 Å². The standard InChI is InChI=1S/C44H26N4/c1-3-29-22-45-17-15-39(29)35(5-1)31-19-32(36-6-2-4-30-23-46-18-16-40(30)36)21-33(20-31)37-11-7-27-10-14-42-38(34-24-47-26-48-25-34)12-8-28-9-13-41(37)43(27)44(28)42/h1-26H. The normalized spacial score (nSPS) is 11.8. The second-order valence-electron chi connectivity index (χ2n) is 12.4. The Morgan fingerprint density at radius 3 is 1.29 bits per heavy atom. The molecule has 4 nitrogen and oxygen atoms in total. The van der Waals surface area contributed by atoms with Crippen LogP contribution in [0.4, 0.5) is 0 Å². The highest BCUT2D eigenvalue weighted by atomic mass is 14.8. The van der Waals surface area contributed by atoms with Crippen molar-refractivity contribution in [3.05, 3.63) is 159 Å². The van der Waals surface area contributed by atoms with Gasteiger partial charge in [0.15, 0.2) is 0 Å². The van der Waals surface area contributed by atoms with Crippen molar-refractivity contribution in [2.24, 2.45) is 0 Å². The minimum atomic E-state index is 1.02. The number of nitrogens with zero attached hydrogens (tertiary/aromatic N) is 4. The molecule has 222 valence electrons. The summed E-state index contributed by atoms with van der Waals surface area (Å²) in [7, 11) is 0. The van der Waals surface area contributed by atoms with Gasteiger partial charge in [-0.1, -0.05) is 84.9 Å². The third-order valence-corrected chi connectivity index (χ3v) is 9.76. The summed E-state index contributed by atoms with van der Waals surface area (Å²) in [4.78, 5) is 17.4. The summed E-state index contributed by atoms with van der Waals surface area (Å²) < 4.78 is 0. The molecule has 0 radical (unpaired) electrons. The van der Waals surface area contributed by atoms with Crippen LogP contribution in [-0.4, -0.2) is 19.9 Å². The molecule has 48 heavy (non-hydrogen) atoms. The van der Waals surface area contributed by atoms with Gasteiger partial charge in [0.25, 0.3) is 0 Å². The van der Waals surface area contributed by atoms with Crippen LogP contribution < -0.4 is 0 Å². The summed E-state index contributed by atoms with van der Waals surface area (Å²) in [5.41, 5.74) is 9.25. The summed E-state index contributed by atoms with van der Waals surface area (Å²) in [5, 5.41) is 12.1. The van der Waals surface area contributed by atoms with E-state index in [0.717, 1.165) is 21.9 Å². The number of fused-ring (bicyclic) bond motifs is 2. The monoisotopic (exact) mass is 610 g/mol. The third kappa shape index (κ3) is 4.10. The molecule has 0 bridgehead atoms. The van der Waals surface area contributed by atoms with Gasteiger partial charge in [-0.05, 0) is 112 Å². The molecule has 0 aliphatic carbocycles. The molecule has 0 N–H and O–H groups in total. The fourth-order valence-electron chi connectivity index (χ4n) is 7.59. The van der Waals surface area contributed by atoms with Crippen LogP contribution in [0.3, 0.4) is 0 Å². The predicted octanol–water partition coefficient (Wildman–Crippen LogP) is 11.1. The topological polar surface area (TPSA) is 51.6 Å². The summed E-state index contributed by atoms with van der Waals surface area (Å²) in [6.07, 6.45) is 13.0. The van der Waals surface area contributed by atoms with Crippen LogP contribution in [0.25, 0.3) is 98.4 Å². The first-order valence-corrected chi connectivity index (χ1v) is 16.1. The highest BCUT2D eigenvalue weighted by Gasteiger charge is 2.17. The van der Waals surface area contributed by atoms with Gasteiger partial charge in [0, 0.05) is 53.5 Å². The second kappa shape index (κ2) is 10.5. The van der Waals surface area contributed by atoms with Crippen molar-refractivity contribution >= 4 is 53.9 Å². The highest BCUT2D eigenvalue weighted by molar-refractivity contribution is 6.27. The third-order valence-electron chi connectivity index (χ3n) is 9.76. The van der Waals surface area contributed by atoms with E-state index in [1.807, 2.05) is 37.2 Å². The SMILES string of the molecule is c1cc(-c2cc(-c3cccc4cnccc34)cc(-c3ccc4ccc5c(-c6cncnc6)ccc6ccc3c4c65)c2)c2ccncc2c1. The Morgan fingerprint density at radius 2 is 0.771 bits per heavy atom. The van der Waals surface area contributed by atoms with Gasteiger partial charge in [-0.15, -0.1) is 0 Å². The van der Waals surface area contributed by atoms with Crippen LogP contribution in [0, 0.1) is 0 Å². The van der Waals surface area contributed by atoms with Gasteiger partial charge in [0.1, 0.15) is 6.33 Å². The van der Waals surface area contributed by atoms with E-state index in [4.69, 9.17) is 0 Å². The van der Waals surface area contributed by atoms with Gasteiger partial charge in [-0.2, -0.15) is 0 Å². The van der Waals surface area contributed by atoms with E-state index in [9.17, 15) is 0 Å². The van der Waals surface area contributed by atoms with Gasteiger partial charge in [-0.3, -0.25) is 9.97 Å². The minimum Gasteiger partial charge on any atom is -0.264 e. The first-order chi connectivity index (χ1) is 23.8. The lowest BCUT2D eigenvalue weighted by molar-refractivity contribution is 1.17. The van der Waals surface area contributed by atoms with Gasteiger partial charge in [0.2, 0.25) is 0 Å². The number of rotatable bonds is 4.